The third-order valence-electron chi connectivity index (χ3n) is 4.23. The number of hydrogen-bond donors (Lipinski definition) is 2. The van der Waals surface area contributed by atoms with Crippen LogP contribution in [-0.4, -0.2) is 23.3 Å². The van der Waals surface area contributed by atoms with Crippen molar-refractivity contribution in [1.29, 1.82) is 0 Å². The van der Waals surface area contributed by atoms with E-state index in [2.05, 4.69) is 15.6 Å². The van der Waals surface area contributed by atoms with Gasteiger partial charge in [-0.2, -0.15) is 0 Å². The van der Waals surface area contributed by atoms with E-state index in [1.54, 1.807) is 18.3 Å². The van der Waals surface area contributed by atoms with Crippen molar-refractivity contribution in [3.8, 4) is 0 Å². The highest BCUT2D eigenvalue weighted by molar-refractivity contribution is 6.07. The van der Waals surface area contributed by atoms with Crippen LogP contribution in [0.4, 0.5) is 5.69 Å². The number of pyridine rings is 1. The highest BCUT2D eigenvalue weighted by Crippen LogP contribution is 2.21. The normalized spacial score (nSPS) is 10.6. The van der Waals surface area contributed by atoms with E-state index >= 15 is 0 Å². The lowest BCUT2D eigenvalue weighted by molar-refractivity contribution is -0.115. The highest BCUT2D eigenvalue weighted by Gasteiger charge is 2.13. The molecule has 2 amide bonds. The maximum absolute atomic E-state index is 12.5. The van der Waals surface area contributed by atoms with Gasteiger partial charge in [-0.15, -0.1) is 0 Å². The van der Waals surface area contributed by atoms with Crippen molar-refractivity contribution in [2.24, 2.45) is 0 Å². The largest absolute Gasteiger partial charge is 0.343 e. The maximum atomic E-state index is 12.5. The number of carbonyl (C=O) groups is 2. The molecule has 1 aromatic heterocycles. The first-order valence-corrected chi connectivity index (χ1v) is 8.45. The molecule has 0 saturated heterocycles. The van der Waals surface area contributed by atoms with Crippen molar-refractivity contribution >= 4 is 28.4 Å². The van der Waals surface area contributed by atoms with E-state index in [4.69, 9.17) is 0 Å². The molecule has 0 aliphatic heterocycles. The van der Waals surface area contributed by atoms with Crippen LogP contribution in [0.3, 0.4) is 0 Å². The molecule has 2 N–H and O–H groups in total. The zero-order valence-electron chi connectivity index (χ0n) is 15.1. The second kappa shape index (κ2) is 7.35. The van der Waals surface area contributed by atoms with E-state index < -0.39 is 0 Å². The van der Waals surface area contributed by atoms with Gasteiger partial charge in [-0.1, -0.05) is 35.9 Å². The smallest absolute Gasteiger partial charge is 0.253 e. The van der Waals surface area contributed by atoms with E-state index in [-0.39, 0.29) is 18.4 Å². The van der Waals surface area contributed by atoms with Gasteiger partial charge in [-0.05, 0) is 44.0 Å². The Labute approximate surface area is 152 Å². The number of nitrogens with one attached hydrogen (secondary N) is 2. The Hall–Kier alpha value is -3.21. The molecule has 3 aromatic rings. The number of nitrogens with zero attached hydrogens (tertiary/aromatic N) is 1. The number of para-hydroxylation sites is 1. The summed E-state index contributed by atoms with van der Waals surface area (Å²) in [6.07, 6.45) is 1.65. The summed E-state index contributed by atoms with van der Waals surface area (Å²) in [4.78, 5) is 29.0. The molecular formula is C21H21N3O2. The van der Waals surface area contributed by atoms with E-state index in [1.807, 2.05) is 51.1 Å². The molecule has 0 spiro atoms. The summed E-state index contributed by atoms with van der Waals surface area (Å²) in [6.45, 7) is 5.82. The number of fused-ring (bicyclic) bond motifs is 1. The second-order valence-corrected chi connectivity index (χ2v) is 6.39. The van der Waals surface area contributed by atoms with Crippen molar-refractivity contribution in [1.82, 2.24) is 10.3 Å². The molecule has 5 nitrogen and oxygen atoms in total. The topological polar surface area (TPSA) is 71.1 Å². The van der Waals surface area contributed by atoms with Crippen molar-refractivity contribution in [2.75, 3.05) is 11.9 Å². The molecule has 2 aromatic carbocycles. The first kappa shape index (κ1) is 17.6. The Balaban J connectivity index is 1.69. The summed E-state index contributed by atoms with van der Waals surface area (Å²) in [5.41, 5.74) is 5.02. The van der Waals surface area contributed by atoms with Gasteiger partial charge in [0.15, 0.2) is 0 Å². The lowest BCUT2D eigenvalue weighted by Gasteiger charge is -2.13. The summed E-state index contributed by atoms with van der Waals surface area (Å²) >= 11 is 0. The first-order valence-electron chi connectivity index (χ1n) is 8.45. The van der Waals surface area contributed by atoms with E-state index in [0.717, 1.165) is 27.8 Å². The molecule has 5 heteroatoms. The Morgan fingerprint density at radius 3 is 2.42 bits per heavy atom. The van der Waals surface area contributed by atoms with E-state index in [9.17, 15) is 9.59 Å². The molecular weight excluding hydrogens is 326 g/mol. The van der Waals surface area contributed by atoms with Crippen molar-refractivity contribution in [3.63, 3.8) is 0 Å². The van der Waals surface area contributed by atoms with Gasteiger partial charge >= 0.3 is 0 Å². The number of rotatable bonds is 4. The molecule has 0 aliphatic carbocycles. The number of amides is 2. The van der Waals surface area contributed by atoms with Crippen LogP contribution >= 0.6 is 0 Å². The number of aromatic nitrogens is 1. The van der Waals surface area contributed by atoms with Crippen LogP contribution in [0.5, 0.6) is 0 Å². The third kappa shape index (κ3) is 3.72. The predicted molar refractivity (Wildman–Crippen MR) is 103 cm³/mol. The monoisotopic (exact) mass is 347 g/mol. The summed E-state index contributed by atoms with van der Waals surface area (Å²) in [7, 11) is 0. The van der Waals surface area contributed by atoms with Crippen LogP contribution in [0.2, 0.25) is 0 Å². The van der Waals surface area contributed by atoms with Crippen molar-refractivity contribution < 1.29 is 9.59 Å². The van der Waals surface area contributed by atoms with Crippen molar-refractivity contribution in [2.45, 2.75) is 20.8 Å². The number of hydrogen-bond acceptors (Lipinski definition) is 3. The molecule has 0 atom stereocenters. The lowest BCUT2D eigenvalue weighted by atomic mass is 10.1. The van der Waals surface area contributed by atoms with Gasteiger partial charge in [0.2, 0.25) is 5.91 Å². The van der Waals surface area contributed by atoms with Crippen LogP contribution in [0.15, 0.2) is 48.7 Å². The number of anilines is 1. The van der Waals surface area contributed by atoms with Gasteiger partial charge in [0.05, 0.1) is 17.6 Å². The lowest BCUT2D eigenvalue weighted by Crippen LogP contribution is -2.33. The SMILES string of the molecule is Cc1cc(C)c(NC(=O)CNC(=O)c2cccc3cccnc23)c(C)c1. The van der Waals surface area contributed by atoms with Gasteiger partial charge < -0.3 is 10.6 Å². The summed E-state index contributed by atoms with van der Waals surface area (Å²) in [6, 6.07) is 13.2. The Morgan fingerprint density at radius 2 is 1.69 bits per heavy atom. The minimum absolute atomic E-state index is 0.102. The average Bonchev–Trinajstić information content (AvgIpc) is 2.62. The van der Waals surface area contributed by atoms with Crippen LogP contribution in [0.25, 0.3) is 10.9 Å². The van der Waals surface area contributed by atoms with Crippen LogP contribution < -0.4 is 10.6 Å². The van der Waals surface area contributed by atoms with Gasteiger partial charge in [0.25, 0.3) is 5.91 Å². The summed E-state index contributed by atoms with van der Waals surface area (Å²) < 4.78 is 0. The predicted octanol–water partition coefficient (Wildman–Crippen LogP) is 3.53. The fourth-order valence-corrected chi connectivity index (χ4v) is 3.10. The minimum Gasteiger partial charge on any atom is -0.343 e. The molecule has 132 valence electrons. The van der Waals surface area contributed by atoms with Gasteiger partial charge in [-0.3, -0.25) is 14.6 Å². The Bertz CT molecular complexity index is 967. The zero-order chi connectivity index (χ0) is 18.7. The number of aryl methyl sites for hydroxylation is 3. The summed E-state index contributed by atoms with van der Waals surface area (Å²) in [5.74, 6) is -0.580. The van der Waals surface area contributed by atoms with E-state index in [1.165, 1.54) is 0 Å². The number of carbonyl (C=O) groups excluding carboxylic acids is 2. The zero-order valence-corrected chi connectivity index (χ0v) is 15.1. The van der Waals surface area contributed by atoms with Gasteiger partial charge in [0, 0.05) is 17.3 Å². The van der Waals surface area contributed by atoms with Crippen molar-refractivity contribution in [3.05, 3.63) is 70.9 Å². The molecule has 0 fully saturated rings. The maximum Gasteiger partial charge on any atom is 0.253 e. The molecule has 0 aliphatic rings. The second-order valence-electron chi connectivity index (χ2n) is 6.39. The van der Waals surface area contributed by atoms with Gasteiger partial charge in [-0.25, -0.2) is 0 Å². The molecule has 26 heavy (non-hydrogen) atoms. The molecule has 0 saturated carbocycles. The van der Waals surface area contributed by atoms with Gasteiger partial charge in [0.1, 0.15) is 0 Å². The molecule has 3 rings (SSSR count). The molecule has 0 bridgehead atoms. The van der Waals surface area contributed by atoms with Crippen LogP contribution in [0, 0.1) is 20.8 Å². The first-order chi connectivity index (χ1) is 12.5. The minimum atomic E-state index is -0.318. The average molecular weight is 347 g/mol. The molecule has 0 radical (unpaired) electrons. The molecule has 1 heterocycles. The highest BCUT2D eigenvalue weighted by atomic mass is 16.2. The Kier molecular flexibility index (Phi) is 4.98. The fourth-order valence-electron chi connectivity index (χ4n) is 3.10. The Morgan fingerprint density at radius 1 is 1.00 bits per heavy atom. The van der Waals surface area contributed by atoms with E-state index in [0.29, 0.717) is 11.1 Å². The molecule has 0 unspecified atom stereocenters. The van der Waals surface area contributed by atoms with Crippen LogP contribution in [0.1, 0.15) is 27.0 Å². The third-order valence-corrected chi connectivity index (χ3v) is 4.23. The standard InChI is InChI=1S/C21H21N3O2/c1-13-10-14(2)19(15(3)11-13)24-18(25)12-23-21(26)17-8-4-6-16-7-5-9-22-20(16)17/h4-11H,12H2,1-3H3,(H,23,26)(H,24,25). The summed E-state index contributed by atoms with van der Waals surface area (Å²) in [5, 5.41) is 6.44. The fraction of sp³-hybridized carbons (Fsp3) is 0.190. The van der Waals surface area contributed by atoms with Crippen LogP contribution in [-0.2, 0) is 4.79 Å². The number of benzene rings is 2. The quantitative estimate of drug-likeness (QED) is 0.758.